The Kier molecular flexibility index (Phi) is 3.31. The first kappa shape index (κ1) is 11.4. The van der Waals surface area contributed by atoms with Crippen molar-refractivity contribution in [1.29, 1.82) is 0 Å². The van der Waals surface area contributed by atoms with Gasteiger partial charge in [0.1, 0.15) is 0 Å². The van der Waals surface area contributed by atoms with Crippen LogP contribution in [0.25, 0.3) is 0 Å². The minimum absolute atomic E-state index is 0.690. The summed E-state index contributed by atoms with van der Waals surface area (Å²) in [7, 11) is 0. The van der Waals surface area contributed by atoms with Gasteiger partial charge in [-0.3, -0.25) is 9.80 Å². The van der Waals surface area contributed by atoms with Crippen LogP contribution in [-0.2, 0) is 6.54 Å². The quantitative estimate of drug-likeness (QED) is 0.883. The van der Waals surface area contributed by atoms with Crippen LogP contribution >= 0.6 is 11.3 Å². The maximum atomic E-state index is 5.66. The van der Waals surface area contributed by atoms with Gasteiger partial charge in [0, 0.05) is 36.8 Å². The van der Waals surface area contributed by atoms with Crippen LogP contribution < -0.4 is 5.73 Å². The molecule has 2 aliphatic rings. The number of rotatable bonds is 3. The molecule has 0 aromatic carbocycles. The van der Waals surface area contributed by atoms with E-state index in [4.69, 9.17) is 5.73 Å². The van der Waals surface area contributed by atoms with Crippen molar-refractivity contribution in [3.05, 3.63) is 11.1 Å². The molecule has 3 heterocycles. The molecule has 0 aliphatic carbocycles. The summed E-state index contributed by atoms with van der Waals surface area (Å²) in [5, 5.41) is 0.690. The highest BCUT2D eigenvalue weighted by molar-refractivity contribution is 7.15. The summed E-state index contributed by atoms with van der Waals surface area (Å²) in [6.45, 7) is 6.09. The Hall–Kier alpha value is -0.650. The van der Waals surface area contributed by atoms with Crippen molar-refractivity contribution in [3.8, 4) is 0 Å². The smallest absolute Gasteiger partial charge is 0.180 e. The summed E-state index contributed by atoms with van der Waals surface area (Å²) in [5.41, 5.74) is 5.66. The van der Waals surface area contributed by atoms with Gasteiger partial charge < -0.3 is 5.73 Å². The molecule has 1 aromatic heterocycles. The first-order chi connectivity index (χ1) is 8.31. The average molecular weight is 252 g/mol. The average Bonchev–Trinajstić information content (AvgIpc) is 3.00. The number of thiazole rings is 1. The summed E-state index contributed by atoms with van der Waals surface area (Å²) in [5.74, 6) is 0. The lowest BCUT2D eigenvalue weighted by Gasteiger charge is -2.23. The van der Waals surface area contributed by atoms with Gasteiger partial charge >= 0.3 is 0 Å². The highest BCUT2D eigenvalue weighted by Crippen LogP contribution is 2.23. The second-order valence-electron chi connectivity index (χ2n) is 5.09. The van der Waals surface area contributed by atoms with Crippen molar-refractivity contribution in [1.82, 2.24) is 14.8 Å². The van der Waals surface area contributed by atoms with Crippen LogP contribution in [0, 0.1) is 0 Å². The molecule has 2 N–H and O–H groups in total. The Labute approximate surface area is 106 Å². The first-order valence-electron chi connectivity index (χ1n) is 6.48. The zero-order valence-corrected chi connectivity index (χ0v) is 11.0. The van der Waals surface area contributed by atoms with Crippen LogP contribution in [0.2, 0.25) is 0 Å². The van der Waals surface area contributed by atoms with Gasteiger partial charge in [0.05, 0.1) is 0 Å². The van der Waals surface area contributed by atoms with E-state index in [0.717, 1.165) is 12.6 Å². The maximum Gasteiger partial charge on any atom is 0.180 e. The highest BCUT2D eigenvalue weighted by atomic mass is 32.1. The topological polar surface area (TPSA) is 45.4 Å². The van der Waals surface area contributed by atoms with Gasteiger partial charge in [-0.15, -0.1) is 11.3 Å². The molecule has 4 nitrogen and oxygen atoms in total. The van der Waals surface area contributed by atoms with E-state index < -0.39 is 0 Å². The monoisotopic (exact) mass is 252 g/mol. The van der Waals surface area contributed by atoms with E-state index in [2.05, 4.69) is 14.8 Å². The number of nitrogens with zero attached hydrogens (tertiary/aromatic N) is 3. The van der Waals surface area contributed by atoms with Crippen molar-refractivity contribution in [2.24, 2.45) is 0 Å². The molecule has 0 saturated carbocycles. The van der Waals surface area contributed by atoms with Crippen molar-refractivity contribution in [3.63, 3.8) is 0 Å². The van der Waals surface area contributed by atoms with Crippen molar-refractivity contribution in [2.75, 3.05) is 31.9 Å². The van der Waals surface area contributed by atoms with Gasteiger partial charge in [0.15, 0.2) is 5.13 Å². The predicted octanol–water partition coefficient (Wildman–Crippen LogP) is 1.40. The Morgan fingerprint density at radius 2 is 2.18 bits per heavy atom. The minimum atomic E-state index is 0.690. The number of hydrogen-bond donors (Lipinski definition) is 1. The molecule has 3 rings (SSSR count). The van der Waals surface area contributed by atoms with Crippen LogP contribution in [0.3, 0.4) is 0 Å². The number of anilines is 1. The summed E-state index contributed by atoms with van der Waals surface area (Å²) in [6.07, 6.45) is 6.03. The molecular formula is C12H20N4S. The van der Waals surface area contributed by atoms with Gasteiger partial charge in [0.2, 0.25) is 0 Å². The number of likely N-dealkylation sites (tertiary alicyclic amines) is 2. The number of nitrogen functional groups attached to an aromatic ring is 1. The zero-order chi connectivity index (χ0) is 11.7. The van der Waals surface area contributed by atoms with Crippen LogP contribution in [0.15, 0.2) is 6.20 Å². The third-order valence-corrected chi connectivity index (χ3v) is 4.67. The van der Waals surface area contributed by atoms with Crippen LogP contribution in [0.1, 0.15) is 24.1 Å². The third-order valence-electron chi connectivity index (χ3n) is 3.86. The molecule has 2 saturated heterocycles. The van der Waals surface area contributed by atoms with Crippen LogP contribution in [-0.4, -0.2) is 47.0 Å². The lowest BCUT2D eigenvalue weighted by Crippen LogP contribution is -2.35. The summed E-state index contributed by atoms with van der Waals surface area (Å²) in [4.78, 5) is 10.6. The van der Waals surface area contributed by atoms with Crippen LogP contribution in [0.5, 0.6) is 0 Å². The van der Waals surface area contributed by atoms with E-state index in [1.807, 2.05) is 6.20 Å². The first-order valence-corrected chi connectivity index (χ1v) is 7.29. The molecule has 0 radical (unpaired) electrons. The second-order valence-corrected chi connectivity index (χ2v) is 6.23. The largest absolute Gasteiger partial charge is 0.375 e. The molecule has 1 unspecified atom stereocenters. The van der Waals surface area contributed by atoms with Gasteiger partial charge in [-0.05, 0) is 32.4 Å². The Bertz CT molecular complexity index is 372. The normalized spacial score (nSPS) is 26.9. The van der Waals surface area contributed by atoms with E-state index in [-0.39, 0.29) is 0 Å². The number of aromatic nitrogens is 1. The molecule has 0 amide bonds. The van der Waals surface area contributed by atoms with Gasteiger partial charge in [0.25, 0.3) is 0 Å². The summed E-state index contributed by atoms with van der Waals surface area (Å²) in [6, 6.07) is 0.794. The molecule has 17 heavy (non-hydrogen) atoms. The molecule has 1 aromatic rings. The van der Waals surface area contributed by atoms with Crippen molar-refractivity contribution >= 4 is 16.5 Å². The third kappa shape index (κ3) is 2.61. The van der Waals surface area contributed by atoms with Gasteiger partial charge in [-0.25, -0.2) is 4.98 Å². The molecule has 1 atom stereocenters. The van der Waals surface area contributed by atoms with E-state index in [1.54, 1.807) is 11.3 Å². The van der Waals surface area contributed by atoms with E-state index >= 15 is 0 Å². The lowest BCUT2D eigenvalue weighted by molar-refractivity contribution is 0.230. The number of nitrogens with two attached hydrogens (primary N) is 1. The standard InChI is InChI=1S/C12H20N4S/c13-12-14-7-11(17-12)9-15-6-3-10(8-15)16-4-1-2-5-16/h7,10H,1-6,8-9H2,(H2,13,14). The fraction of sp³-hybridized carbons (Fsp3) is 0.750. The predicted molar refractivity (Wildman–Crippen MR) is 71.0 cm³/mol. The minimum Gasteiger partial charge on any atom is -0.375 e. The molecule has 94 valence electrons. The molecule has 5 heteroatoms. The Morgan fingerprint density at radius 1 is 1.35 bits per heavy atom. The molecule has 0 bridgehead atoms. The summed E-state index contributed by atoms with van der Waals surface area (Å²) >= 11 is 1.62. The van der Waals surface area contributed by atoms with Gasteiger partial charge in [-0.2, -0.15) is 0 Å². The Balaban J connectivity index is 1.53. The molecule has 0 spiro atoms. The van der Waals surface area contributed by atoms with Gasteiger partial charge in [-0.1, -0.05) is 0 Å². The van der Waals surface area contributed by atoms with Crippen LogP contribution in [0.4, 0.5) is 5.13 Å². The van der Waals surface area contributed by atoms with E-state index in [9.17, 15) is 0 Å². The SMILES string of the molecule is Nc1ncc(CN2CCC(N3CCCC3)C2)s1. The van der Waals surface area contributed by atoms with E-state index in [1.165, 1.54) is 50.3 Å². The van der Waals surface area contributed by atoms with Crippen molar-refractivity contribution < 1.29 is 0 Å². The Morgan fingerprint density at radius 3 is 2.88 bits per heavy atom. The van der Waals surface area contributed by atoms with Crippen molar-refractivity contribution in [2.45, 2.75) is 31.8 Å². The number of hydrogen-bond acceptors (Lipinski definition) is 5. The zero-order valence-electron chi connectivity index (χ0n) is 10.1. The molecule has 2 fully saturated rings. The highest BCUT2D eigenvalue weighted by Gasteiger charge is 2.29. The second kappa shape index (κ2) is 4.92. The molecule has 2 aliphatic heterocycles. The molecular weight excluding hydrogens is 232 g/mol. The van der Waals surface area contributed by atoms with E-state index in [0.29, 0.717) is 5.13 Å². The fourth-order valence-electron chi connectivity index (χ4n) is 2.98. The lowest BCUT2D eigenvalue weighted by atomic mass is 10.2. The fourth-order valence-corrected chi connectivity index (χ4v) is 3.70. The summed E-state index contributed by atoms with van der Waals surface area (Å²) < 4.78 is 0. The maximum absolute atomic E-state index is 5.66.